The molecule has 14 heteroatoms. The third-order valence-corrected chi connectivity index (χ3v) is 5.49. The highest BCUT2D eigenvalue weighted by atomic mass is 16.2. The number of aryl methyl sites for hydroxylation is 1. The summed E-state index contributed by atoms with van der Waals surface area (Å²) in [5.74, 6) is -0.385. The second kappa shape index (κ2) is 12.6. The molecule has 200 valence electrons. The van der Waals surface area contributed by atoms with Crippen LogP contribution in [0.25, 0.3) is 5.65 Å². The van der Waals surface area contributed by atoms with Gasteiger partial charge < -0.3 is 31.9 Å². The van der Waals surface area contributed by atoms with Gasteiger partial charge in [-0.25, -0.2) is 9.50 Å². The van der Waals surface area contributed by atoms with Gasteiger partial charge in [-0.2, -0.15) is 15.4 Å². The Balaban J connectivity index is 0.000000458. The highest BCUT2D eigenvalue weighted by Crippen LogP contribution is 2.16. The zero-order valence-electron chi connectivity index (χ0n) is 21.9. The van der Waals surface area contributed by atoms with Crippen LogP contribution >= 0.6 is 0 Å². The lowest BCUT2D eigenvalue weighted by atomic mass is 10.1. The van der Waals surface area contributed by atoms with Gasteiger partial charge in [-0.3, -0.25) is 15.0 Å². The summed E-state index contributed by atoms with van der Waals surface area (Å²) in [5, 5.41) is 26.5. The molecule has 37 heavy (non-hydrogen) atoms. The van der Waals surface area contributed by atoms with Crippen molar-refractivity contribution in [3.05, 3.63) is 29.7 Å². The maximum Gasteiger partial charge on any atom is 0.254 e. The van der Waals surface area contributed by atoms with Gasteiger partial charge in [0.05, 0.1) is 23.9 Å². The van der Waals surface area contributed by atoms with Gasteiger partial charge in [0.2, 0.25) is 11.9 Å². The molecule has 1 aliphatic heterocycles. The highest BCUT2D eigenvalue weighted by Gasteiger charge is 2.29. The zero-order chi connectivity index (χ0) is 27.8. The van der Waals surface area contributed by atoms with Crippen molar-refractivity contribution in [1.29, 1.82) is 10.7 Å². The summed E-state index contributed by atoms with van der Waals surface area (Å²) in [6.45, 7) is 6.76. The van der Waals surface area contributed by atoms with E-state index in [1.54, 1.807) is 29.7 Å². The molecular formula is C23H36N12O2. The van der Waals surface area contributed by atoms with E-state index >= 15 is 0 Å². The molecule has 0 spiro atoms. The Bertz CT molecular complexity index is 1190. The molecule has 0 aromatic carbocycles. The van der Waals surface area contributed by atoms with Crippen molar-refractivity contribution >= 4 is 29.4 Å². The topological polar surface area (TPSA) is 207 Å². The number of rotatable bonds is 6. The molecule has 14 nitrogen and oxygen atoms in total. The third-order valence-electron chi connectivity index (χ3n) is 5.49. The highest BCUT2D eigenvalue weighted by molar-refractivity contribution is 5.94. The SMILES string of the molecule is CN(C)C(=N)N=C(N)N.Cc1cc2ncc(C(=O)NCC(C)(C)NCC(=O)N3CCC[C@H]3C#N)cn2n1. The van der Waals surface area contributed by atoms with Gasteiger partial charge in [-0.05, 0) is 33.6 Å². The standard InChI is InChI=1S/C19H25N7O2.C4H11N5/c1-13-7-16-21-9-14(11-26(16)24-13)18(28)22-12-19(2,3)23-10-17(27)25-6-4-5-15(25)8-20;1-9(2)4(7)8-3(5)6/h7,9,11,15,23H,4-6,10,12H2,1-3H3,(H,22,28);1-2H3,(H5,5,6,7,8)/t15-;/m0./s1. The first-order valence-corrected chi connectivity index (χ1v) is 11.7. The molecule has 2 amide bonds. The first-order valence-electron chi connectivity index (χ1n) is 11.7. The number of fused-ring (bicyclic) bond motifs is 1. The molecule has 2 aromatic heterocycles. The lowest BCUT2D eigenvalue weighted by Crippen LogP contribution is -2.52. The number of nitriles is 1. The minimum absolute atomic E-state index is 0.0509. The number of aliphatic imine (C=N–C) groups is 1. The molecule has 2 aromatic rings. The van der Waals surface area contributed by atoms with Crippen LogP contribution in [0, 0.1) is 23.7 Å². The Hall–Kier alpha value is -4.25. The largest absolute Gasteiger partial charge is 0.370 e. The van der Waals surface area contributed by atoms with Gasteiger partial charge in [0, 0.05) is 51.2 Å². The maximum absolute atomic E-state index is 12.4. The summed E-state index contributed by atoms with van der Waals surface area (Å²) in [6, 6.07) is 3.68. The second-order valence-electron chi connectivity index (χ2n) is 9.48. The van der Waals surface area contributed by atoms with Crippen LogP contribution in [0.5, 0.6) is 0 Å². The average Bonchev–Trinajstić information content (AvgIpc) is 3.46. The fourth-order valence-corrected chi connectivity index (χ4v) is 3.42. The quantitative estimate of drug-likeness (QED) is 0.247. The summed E-state index contributed by atoms with van der Waals surface area (Å²) in [6.07, 6.45) is 4.75. The van der Waals surface area contributed by atoms with Gasteiger partial charge >= 0.3 is 0 Å². The molecule has 7 N–H and O–H groups in total. The van der Waals surface area contributed by atoms with E-state index in [9.17, 15) is 9.59 Å². The predicted octanol–water partition coefficient (Wildman–Crippen LogP) is -0.594. The Labute approximate surface area is 216 Å². The number of carbonyl (C=O) groups is 2. The average molecular weight is 513 g/mol. The molecule has 1 fully saturated rings. The second-order valence-corrected chi connectivity index (χ2v) is 9.48. The van der Waals surface area contributed by atoms with Crippen molar-refractivity contribution in [2.45, 2.75) is 45.2 Å². The molecule has 1 atom stereocenters. The fraction of sp³-hybridized carbons (Fsp3) is 0.522. The number of nitrogens with two attached hydrogens (primary N) is 2. The summed E-state index contributed by atoms with van der Waals surface area (Å²) >= 11 is 0. The summed E-state index contributed by atoms with van der Waals surface area (Å²) < 4.78 is 1.58. The predicted molar refractivity (Wildman–Crippen MR) is 140 cm³/mol. The van der Waals surface area contributed by atoms with Crippen LogP contribution in [0.4, 0.5) is 0 Å². The van der Waals surface area contributed by atoms with E-state index in [1.165, 1.54) is 11.1 Å². The number of nitrogens with one attached hydrogen (secondary N) is 3. The summed E-state index contributed by atoms with van der Waals surface area (Å²) in [5.41, 5.74) is 11.4. The van der Waals surface area contributed by atoms with E-state index in [4.69, 9.17) is 22.1 Å². The van der Waals surface area contributed by atoms with E-state index < -0.39 is 5.54 Å². The van der Waals surface area contributed by atoms with Crippen molar-refractivity contribution in [1.82, 2.24) is 35.0 Å². The number of guanidine groups is 2. The van der Waals surface area contributed by atoms with Crippen LogP contribution in [-0.2, 0) is 4.79 Å². The number of aromatic nitrogens is 3. The first kappa shape index (κ1) is 29.0. The van der Waals surface area contributed by atoms with E-state index in [-0.39, 0.29) is 36.3 Å². The summed E-state index contributed by atoms with van der Waals surface area (Å²) in [7, 11) is 3.38. The molecule has 0 radical (unpaired) electrons. The van der Waals surface area contributed by atoms with Gasteiger partial charge in [0.1, 0.15) is 6.04 Å². The van der Waals surface area contributed by atoms with Crippen molar-refractivity contribution in [2.24, 2.45) is 16.5 Å². The van der Waals surface area contributed by atoms with Gasteiger partial charge in [0.25, 0.3) is 5.91 Å². The van der Waals surface area contributed by atoms with Crippen molar-refractivity contribution in [3.8, 4) is 6.07 Å². The summed E-state index contributed by atoms with van der Waals surface area (Å²) in [4.78, 5) is 35.6. The normalized spacial score (nSPS) is 14.8. The first-order chi connectivity index (χ1) is 17.3. The number of amides is 2. The lowest BCUT2D eigenvalue weighted by molar-refractivity contribution is -0.130. The molecular weight excluding hydrogens is 476 g/mol. The smallest absolute Gasteiger partial charge is 0.254 e. The number of hydrogen-bond acceptors (Lipinski definition) is 7. The Morgan fingerprint density at radius 2 is 2.08 bits per heavy atom. The number of carbonyl (C=O) groups excluding carboxylic acids is 2. The van der Waals surface area contributed by atoms with E-state index in [2.05, 4.69) is 31.8 Å². The van der Waals surface area contributed by atoms with Gasteiger partial charge in [-0.1, -0.05) is 0 Å². The van der Waals surface area contributed by atoms with Crippen LogP contribution in [-0.4, -0.2) is 93.4 Å². The Morgan fingerprint density at radius 1 is 1.38 bits per heavy atom. The van der Waals surface area contributed by atoms with Crippen molar-refractivity contribution in [3.63, 3.8) is 0 Å². The number of nitrogens with zero attached hydrogens (tertiary/aromatic N) is 7. The van der Waals surface area contributed by atoms with Gasteiger partial charge in [0.15, 0.2) is 11.6 Å². The van der Waals surface area contributed by atoms with Crippen LogP contribution in [0.1, 0.15) is 42.7 Å². The molecule has 0 bridgehead atoms. The Kier molecular flexibility index (Phi) is 9.90. The molecule has 3 heterocycles. The monoisotopic (exact) mass is 512 g/mol. The van der Waals surface area contributed by atoms with Crippen LogP contribution in [0.3, 0.4) is 0 Å². The number of likely N-dealkylation sites (tertiary alicyclic amines) is 1. The molecule has 1 aliphatic rings. The molecule has 3 rings (SSSR count). The maximum atomic E-state index is 12.4. The van der Waals surface area contributed by atoms with E-state index in [0.29, 0.717) is 24.3 Å². The molecule has 0 aliphatic carbocycles. The van der Waals surface area contributed by atoms with Crippen molar-refractivity contribution < 1.29 is 9.59 Å². The molecule has 0 saturated carbocycles. The van der Waals surface area contributed by atoms with Gasteiger partial charge in [-0.15, -0.1) is 0 Å². The minimum Gasteiger partial charge on any atom is -0.370 e. The third kappa shape index (κ3) is 8.73. The fourth-order valence-electron chi connectivity index (χ4n) is 3.42. The lowest BCUT2D eigenvalue weighted by Gasteiger charge is -2.28. The number of hydrogen-bond donors (Lipinski definition) is 5. The van der Waals surface area contributed by atoms with Crippen molar-refractivity contribution in [2.75, 3.05) is 33.7 Å². The van der Waals surface area contributed by atoms with Crippen LogP contribution in [0.2, 0.25) is 0 Å². The molecule has 1 saturated heterocycles. The molecule has 0 unspecified atom stereocenters. The minimum atomic E-state index is -0.493. The van der Waals surface area contributed by atoms with Crippen LogP contribution < -0.4 is 22.1 Å². The van der Waals surface area contributed by atoms with E-state index in [0.717, 1.165) is 18.5 Å². The Morgan fingerprint density at radius 3 is 2.68 bits per heavy atom. The zero-order valence-corrected chi connectivity index (χ0v) is 21.9. The van der Waals surface area contributed by atoms with E-state index in [1.807, 2.05) is 26.8 Å². The van der Waals surface area contributed by atoms with Crippen LogP contribution in [0.15, 0.2) is 23.5 Å².